The lowest BCUT2D eigenvalue weighted by Crippen LogP contribution is -2.48. The highest BCUT2D eigenvalue weighted by Crippen LogP contribution is 2.30. The first-order chi connectivity index (χ1) is 7.72. The van der Waals surface area contributed by atoms with E-state index in [1.165, 1.54) is 19.3 Å². The van der Waals surface area contributed by atoms with Crippen molar-refractivity contribution in [3.63, 3.8) is 0 Å². The molecule has 1 aliphatic carbocycles. The van der Waals surface area contributed by atoms with Crippen molar-refractivity contribution in [2.75, 3.05) is 13.1 Å². The second-order valence-electron chi connectivity index (χ2n) is 5.50. The van der Waals surface area contributed by atoms with E-state index in [0.717, 1.165) is 32.4 Å². The fraction of sp³-hybridized carbons (Fsp3) is 0.923. The van der Waals surface area contributed by atoms with Crippen LogP contribution in [0.2, 0.25) is 0 Å². The molecule has 2 N–H and O–H groups in total. The number of carbonyl (C=O) groups is 1. The van der Waals surface area contributed by atoms with Crippen LogP contribution in [0.1, 0.15) is 45.4 Å². The second kappa shape index (κ2) is 5.17. The predicted octanol–water partition coefficient (Wildman–Crippen LogP) is 1.76. The van der Waals surface area contributed by atoms with Gasteiger partial charge in [-0.1, -0.05) is 12.8 Å². The normalized spacial score (nSPS) is 32.0. The summed E-state index contributed by atoms with van der Waals surface area (Å²) in [5, 5.41) is 0. The Morgan fingerprint density at radius 1 is 1.25 bits per heavy atom. The molecule has 0 bridgehead atoms. The molecule has 1 amide bonds. The largest absolute Gasteiger partial charge is 0.339 e. The van der Waals surface area contributed by atoms with Gasteiger partial charge in [-0.05, 0) is 45.1 Å². The van der Waals surface area contributed by atoms with Crippen LogP contribution in [-0.2, 0) is 4.79 Å². The van der Waals surface area contributed by atoms with Gasteiger partial charge in [0.05, 0.1) is 0 Å². The molecule has 2 fully saturated rings. The third-order valence-corrected chi connectivity index (χ3v) is 4.30. The molecule has 16 heavy (non-hydrogen) atoms. The van der Waals surface area contributed by atoms with E-state index < -0.39 is 0 Å². The lowest BCUT2D eigenvalue weighted by Gasteiger charge is -2.39. The van der Waals surface area contributed by atoms with Crippen molar-refractivity contribution in [2.45, 2.75) is 51.5 Å². The number of hydrogen-bond acceptors (Lipinski definition) is 2. The smallest absolute Gasteiger partial charge is 0.225 e. The van der Waals surface area contributed by atoms with E-state index in [2.05, 4.69) is 11.8 Å². The molecule has 1 saturated heterocycles. The monoisotopic (exact) mass is 224 g/mol. The SMILES string of the molecule is CC1CCC(CN)CN1C(=O)C1CCCC1. The zero-order valence-corrected chi connectivity index (χ0v) is 10.3. The van der Waals surface area contributed by atoms with Gasteiger partial charge in [-0.25, -0.2) is 0 Å². The van der Waals surface area contributed by atoms with Gasteiger partial charge in [-0.3, -0.25) is 4.79 Å². The average Bonchev–Trinajstić information content (AvgIpc) is 2.82. The molecule has 0 aromatic rings. The van der Waals surface area contributed by atoms with Crippen LogP contribution >= 0.6 is 0 Å². The Morgan fingerprint density at radius 3 is 2.56 bits per heavy atom. The zero-order valence-electron chi connectivity index (χ0n) is 10.3. The first kappa shape index (κ1) is 11.9. The molecule has 0 radical (unpaired) electrons. The highest BCUT2D eigenvalue weighted by atomic mass is 16.2. The van der Waals surface area contributed by atoms with Gasteiger partial charge in [0.25, 0.3) is 0 Å². The Morgan fingerprint density at radius 2 is 1.94 bits per heavy atom. The van der Waals surface area contributed by atoms with E-state index in [0.29, 0.717) is 23.8 Å². The minimum Gasteiger partial charge on any atom is -0.339 e. The molecule has 3 heteroatoms. The summed E-state index contributed by atoms with van der Waals surface area (Å²) in [6.45, 7) is 3.80. The molecular formula is C13H24N2O. The summed E-state index contributed by atoms with van der Waals surface area (Å²) < 4.78 is 0. The molecule has 92 valence electrons. The van der Waals surface area contributed by atoms with Crippen LogP contribution in [0.5, 0.6) is 0 Å². The topological polar surface area (TPSA) is 46.3 Å². The standard InChI is InChI=1S/C13H24N2O/c1-10-6-7-11(8-14)9-15(10)13(16)12-4-2-3-5-12/h10-12H,2-9,14H2,1H3. The lowest BCUT2D eigenvalue weighted by molar-refractivity contribution is -0.139. The van der Waals surface area contributed by atoms with Gasteiger partial charge >= 0.3 is 0 Å². The van der Waals surface area contributed by atoms with Gasteiger partial charge in [0.1, 0.15) is 0 Å². The summed E-state index contributed by atoms with van der Waals surface area (Å²) >= 11 is 0. The Labute approximate surface area is 98.4 Å². The number of likely N-dealkylation sites (tertiary alicyclic amines) is 1. The molecule has 0 aromatic heterocycles. The minimum absolute atomic E-state index is 0.318. The summed E-state index contributed by atoms with van der Waals surface area (Å²) in [7, 11) is 0. The summed E-state index contributed by atoms with van der Waals surface area (Å²) in [6.07, 6.45) is 7.00. The van der Waals surface area contributed by atoms with Gasteiger partial charge < -0.3 is 10.6 Å². The highest BCUT2D eigenvalue weighted by molar-refractivity contribution is 5.79. The van der Waals surface area contributed by atoms with Crippen LogP contribution in [0.25, 0.3) is 0 Å². The molecule has 3 nitrogen and oxygen atoms in total. The van der Waals surface area contributed by atoms with E-state index in [-0.39, 0.29) is 0 Å². The molecule has 2 aliphatic rings. The Hall–Kier alpha value is -0.570. The van der Waals surface area contributed by atoms with E-state index >= 15 is 0 Å². The van der Waals surface area contributed by atoms with Gasteiger partial charge in [0, 0.05) is 18.5 Å². The Balaban J connectivity index is 1.97. The molecule has 1 heterocycles. The number of carbonyl (C=O) groups excluding carboxylic acids is 1. The molecule has 1 aliphatic heterocycles. The zero-order chi connectivity index (χ0) is 11.5. The number of nitrogens with zero attached hydrogens (tertiary/aromatic N) is 1. The van der Waals surface area contributed by atoms with Crippen molar-refractivity contribution in [2.24, 2.45) is 17.6 Å². The van der Waals surface area contributed by atoms with Crippen LogP contribution in [-0.4, -0.2) is 29.9 Å². The lowest BCUT2D eigenvalue weighted by atomic mass is 9.92. The first-order valence-corrected chi connectivity index (χ1v) is 6.73. The van der Waals surface area contributed by atoms with Crippen molar-refractivity contribution in [3.05, 3.63) is 0 Å². The fourth-order valence-corrected chi connectivity index (χ4v) is 3.09. The number of amides is 1. The maximum absolute atomic E-state index is 12.4. The van der Waals surface area contributed by atoms with Gasteiger partial charge in [0.2, 0.25) is 5.91 Å². The summed E-state index contributed by atoms with van der Waals surface area (Å²) in [5.41, 5.74) is 5.73. The number of rotatable bonds is 2. The van der Waals surface area contributed by atoms with Crippen LogP contribution in [0.15, 0.2) is 0 Å². The molecule has 0 aromatic carbocycles. The van der Waals surface area contributed by atoms with E-state index in [9.17, 15) is 4.79 Å². The van der Waals surface area contributed by atoms with Crippen LogP contribution in [0.3, 0.4) is 0 Å². The van der Waals surface area contributed by atoms with Crippen LogP contribution < -0.4 is 5.73 Å². The maximum atomic E-state index is 12.4. The van der Waals surface area contributed by atoms with Crippen molar-refractivity contribution in [1.29, 1.82) is 0 Å². The summed E-state index contributed by atoms with van der Waals surface area (Å²) in [5.74, 6) is 1.25. The second-order valence-corrected chi connectivity index (χ2v) is 5.50. The van der Waals surface area contributed by atoms with Crippen molar-refractivity contribution in [3.8, 4) is 0 Å². The number of hydrogen-bond donors (Lipinski definition) is 1. The Kier molecular flexibility index (Phi) is 3.85. The van der Waals surface area contributed by atoms with E-state index in [1.807, 2.05) is 0 Å². The molecule has 2 rings (SSSR count). The minimum atomic E-state index is 0.318. The molecular weight excluding hydrogens is 200 g/mol. The average molecular weight is 224 g/mol. The third-order valence-electron chi connectivity index (χ3n) is 4.30. The van der Waals surface area contributed by atoms with E-state index in [1.54, 1.807) is 0 Å². The van der Waals surface area contributed by atoms with E-state index in [4.69, 9.17) is 5.73 Å². The first-order valence-electron chi connectivity index (χ1n) is 6.73. The fourth-order valence-electron chi connectivity index (χ4n) is 3.09. The molecule has 0 spiro atoms. The quantitative estimate of drug-likeness (QED) is 0.777. The predicted molar refractivity (Wildman–Crippen MR) is 64.9 cm³/mol. The van der Waals surface area contributed by atoms with Crippen molar-refractivity contribution >= 4 is 5.91 Å². The van der Waals surface area contributed by atoms with Gasteiger partial charge in [-0.2, -0.15) is 0 Å². The van der Waals surface area contributed by atoms with Crippen molar-refractivity contribution in [1.82, 2.24) is 4.90 Å². The molecule has 2 unspecified atom stereocenters. The number of piperidine rings is 1. The Bertz CT molecular complexity index is 248. The third kappa shape index (κ3) is 2.40. The van der Waals surface area contributed by atoms with Crippen molar-refractivity contribution < 1.29 is 4.79 Å². The van der Waals surface area contributed by atoms with Crippen LogP contribution in [0, 0.1) is 11.8 Å². The van der Waals surface area contributed by atoms with Gasteiger partial charge in [0.15, 0.2) is 0 Å². The maximum Gasteiger partial charge on any atom is 0.225 e. The number of nitrogens with two attached hydrogens (primary N) is 1. The van der Waals surface area contributed by atoms with Gasteiger partial charge in [-0.15, -0.1) is 0 Å². The summed E-state index contributed by atoms with van der Waals surface area (Å²) in [6, 6.07) is 0.427. The van der Waals surface area contributed by atoms with Crippen LogP contribution in [0.4, 0.5) is 0 Å². The molecule has 2 atom stereocenters. The summed E-state index contributed by atoms with van der Waals surface area (Å²) in [4.78, 5) is 14.5. The highest BCUT2D eigenvalue weighted by Gasteiger charge is 2.33. The molecule has 1 saturated carbocycles.